The summed E-state index contributed by atoms with van der Waals surface area (Å²) in [5.41, 5.74) is -0.383. The van der Waals surface area contributed by atoms with Gasteiger partial charge in [-0.15, -0.1) is 0 Å². The lowest BCUT2D eigenvalue weighted by Crippen LogP contribution is -2.42. The molecule has 1 aliphatic rings. The van der Waals surface area contributed by atoms with Gasteiger partial charge >= 0.3 is 0 Å². The first-order valence-corrected chi connectivity index (χ1v) is 8.33. The lowest BCUT2D eigenvalue weighted by molar-refractivity contribution is 0.0206. The third-order valence-corrected chi connectivity index (χ3v) is 4.49. The second kappa shape index (κ2) is 7.19. The molecule has 1 atom stereocenters. The number of ether oxygens (including phenoxy) is 1. The Balaban J connectivity index is 1.75. The standard InChI is InChI=1S/C19H21FN2O3/c1-19(9-5-11-25-19)13-21-17(23)15-7-4-10-22(18(15)24)12-14-6-2-3-8-16(14)20/h2-4,6-8,10H,5,9,11-13H2,1H3,(H,21,23). The molecule has 0 spiro atoms. The van der Waals surface area contributed by atoms with E-state index in [4.69, 9.17) is 4.74 Å². The molecule has 1 amide bonds. The molecule has 25 heavy (non-hydrogen) atoms. The lowest BCUT2D eigenvalue weighted by atomic mass is 10.0. The van der Waals surface area contributed by atoms with Crippen molar-refractivity contribution in [2.45, 2.75) is 31.9 Å². The van der Waals surface area contributed by atoms with E-state index in [1.807, 2.05) is 6.92 Å². The summed E-state index contributed by atoms with van der Waals surface area (Å²) in [5, 5.41) is 2.77. The molecule has 132 valence electrons. The predicted octanol–water partition coefficient (Wildman–Crippen LogP) is 2.33. The number of carbonyl (C=O) groups is 1. The molecule has 0 bridgehead atoms. The van der Waals surface area contributed by atoms with Gasteiger partial charge in [-0.25, -0.2) is 4.39 Å². The number of benzene rings is 1. The molecule has 1 aromatic heterocycles. The van der Waals surface area contributed by atoms with Gasteiger partial charge in [0.2, 0.25) is 0 Å². The van der Waals surface area contributed by atoms with Gasteiger partial charge in [0.25, 0.3) is 11.5 Å². The van der Waals surface area contributed by atoms with Crippen LogP contribution < -0.4 is 10.9 Å². The quantitative estimate of drug-likeness (QED) is 0.906. The highest BCUT2D eigenvalue weighted by Crippen LogP contribution is 2.23. The van der Waals surface area contributed by atoms with Crippen LogP contribution in [0.3, 0.4) is 0 Å². The fourth-order valence-electron chi connectivity index (χ4n) is 2.98. The highest BCUT2D eigenvalue weighted by molar-refractivity contribution is 5.93. The van der Waals surface area contributed by atoms with E-state index >= 15 is 0 Å². The van der Waals surface area contributed by atoms with E-state index in [0.717, 1.165) is 12.8 Å². The number of nitrogens with one attached hydrogen (secondary N) is 1. The molecule has 1 fully saturated rings. The zero-order chi connectivity index (χ0) is 17.9. The van der Waals surface area contributed by atoms with Crippen molar-refractivity contribution in [3.63, 3.8) is 0 Å². The van der Waals surface area contributed by atoms with Crippen LogP contribution in [0.5, 0.6) is 0 Å². The summed E-state index contributed by atoms with van der Waals surface area (Å²) in [6, 6.07) is 9.36. The SMILES string of the molecule is CC1(CNC(=O)c2cccn(Cc3ccccc3F)c2=O)CCCO1. The van der Waals surface area contributed by atoms with Crippen molar-refractivity contribution in [2.24, 2.45) is 0 Å². The van der Waals surface area contributed by atoms with Gasteiger partial charge < -0.3 is 14.6 Å². The van der Waals surface area contributed by atoms with Crippen molar-refractivity contribution in [3.05, 3.63) is 69.9 Å². The number of hydrogen-bond acceptors (Lipinski definition) is 3. The Bertz CT molecular complexity index is 825. The van der Waals surface area contributed by atoms with Gasteiger partial charge in [-0.2, -0.15) is 0 Å². The van der Waals surface area contributed by atoms with Crippen molar-refractivity contribution < 1.29 is 13.9 Å². The summed E-state index contributed by atoms with van der Waals surface area (Å²) in [6.07, 6.45) is 3.39. The van der Waals surface area contributed by atoms with E-state index in [2.05, 4.69) is 5.32 Å². The number of rotatable bonds is 5. The maximum absolute atomic E-state index is 13.8. The molecule has 6 heteroatoms. The van der Waals surface area contributed by atoms with Gasteiger partial charge in [-0.3, -0.25) is 9.59 Å². The Labute approximate surface area is 145 Å². The third kappa shape index (κ3) is 3.96. The van der Waals surface area contributed by atoms with Crippen LogP contribution in [0.2, 0.25) is 0 Å². The Morgan fingerprint density at radius 3 is 2.84 bits per heavy atom. The number of hydrogen-bond donors (Lipinski definition) is 1. The van der Waals surface area contributed by atoms with Gasteiger partial charge in [-0.1, -0.05) is 18.2 Å². The normalized spacial score (nSPS) is 19.8. The molecule has 0 saturated carbocycles. The van der Waals surface area contributed by atoms with Crippen molar-refractivity contribution in [3.8, 4) is 0 Å². The van der Waals surface area contributed by atoms with Crippen LogP contribution in [0.15, 0.2) is 47.4 Å². The zero-order valence-corrected chi connectivity index (χ0v) is 14.1. The van der Waals surface area contributed by atoms with Crippen LogP contribution in [0.4, 0.5) is 4.39 Å². The van der Waals surface area contributed by atoms with Crippen LogP contribution in [0.1, 0.15) is 35.7 Å². The van der Waals surface area contributed by atoms with Crippen molar-refractivity contribution in [1.82, 2.24) is 9.88 Å². The first kappa shape index (κ1) is 17.4. The van der Waals surface area contributed by atoms with E-state index < -0.39 is 11.5 Å². The number of carbonyl (C=O) groups excluding carboxylic acids is 1. The number of amides is 1. The van der Waals surface area contributed by atoms with Gasteiger partial charge in [-0.05, 0) is 38.0 Å². The number of halogens is 1. The Morgan fingerprint density at radius 1 is 1.32 bits per heavy atom. The molecule has 1 saturated heterocycles. The molecule has 1 aromatic carbocycles. The topological polar surface area (TPSA) is 60.3 Å². The third-order valence-electron chi connectivity index (χ3n) is 4.49. The smallest absolute Gasteiger partial charge is 0.263 e. The molecule has 0 aliphatic carbocycles. The molecule has 3 rings (SSSR count). The first-order chi connectivity index (χ1) is 12.0. The summed E-state index contributed by atoms with van der Waals surface area (Å²) in [6.45, 7) is 3.07. The molecule has 1 unspecified atom stereocenters. The summed E-state index contributed by atoms with van der Waals surface area (Å²) >= 11 is 0. The maximum Gasteiger partial charge on any atom is 0.263 e. The summed E-state index contributed by atoms with van der Waals surface area (Å²) in [7, 11) is 0. The van der Waals surface area contributed by atoms with Crippen LogP contribution in [0, 0.1) is 5.82 Å². The monoisotopic (exact) mass is 344 g/mol. The molecule has 5 nitrogen and oxygen atoms in total. The van der Waals surface area contributed by atoms with Crippen LogP contribution in [-0.2, 0) is 11.3 Å². The molecule has 1 N–H and O–H groups in total. The second-order valence-corrected chi connectivity index (χ2v) is 6.53. The molecule has 0 radical (unpaired) electrons. The average molecular weight is 344 g/mol. The number of aromatic nitrogens is 1. The molecular formula is C19H21FN2O3. The fourth-order valence-corrected chi connectivity index (χ4v) is 2.98. The highest BCUT2D eigenvalue weighted by Gasteiger charge is 2.30. The Hall–Kier alpha value is -2.47. The Kier molecular flexibility index (Phi) is 4.99. The molecule has 1 aliphatic heterocycles. The summed E-state index contributed by atoms with van der Waals surface area (Å²) in [4.78, 5) is 24.9. The number of nitrogens with zero attached hydrogens (tertiary/aromatic N) is 1. The molecule has 2 aromatic rings. The van der Waals surface area contributed by atoms with Gasteiger partial charge in [0, 0.05) is 24.9 Å². The Morgan fingerprint density at radius 2 is 2.12 bits per heavy atom. The van der Waals surface area contributed by atoms with Crippen LogP contribution in [-0.4, -0.2) is 29.2 Å². The largest absolute Gasteiger partial charge is 0.373 e. The lowest BCUT2D eigenvalue weighted by Gasteiger charge is -2.23. The first-order valence-electron chi connectivity index (χ1n) is 8.33. The van der Waals surface area contributed by atoms with Crippen molar-refractivity contribution >= 4 is 5.91 Å². The van der Waals surface area contributed by atoms with Crippen molar-refractivity contribution in [1.29, 1.82) is 0 Å². The predicted molar refractivity (Wildman–Crippen MR) is 92.1 cm³/mol. The minimum Gasteiger partial charge on any atom is -0.373 e. The van der Waals surface area contributed by atoms with Gasteiger partial charge in [0.1, 0.15) is 11.4 Å². The fraction of sp³-hybridized carbons (Fsp3) is 0.368. The minimum atomic E-state index is -0.444. The van der Waals surface area contributed by atoms with Crippen LogP contribution in [0.25, 0.3) is 0 Å². The number of pyridine rings is 1. The van der Waals surface area contributed by atoms with E-state index in [0.29, 0.717) is 18.7 Å². The molecular weight excluding hydrogens is 323 g/mol. The van der Waals surface area contributed by atoms with E-state index in [-0.39, 0.29) is 23.5 Å². The summed E-state index contributed by atoms with van der Waals surface area (Å²) < 4.78 is 20.8. The summed E-state index contributed by atoms with van der Waals surface area (Å²) in [5.74, 6) is -0.819. The van der Waals surface area contributed by atoms with E-state index in [1.165, 1.54) is 16.7 Å². The minimum absolute atomic E-state index is 0.0421. The van der Waals surface area contributed by atoms with E-state index in [9.17, 15) is 14.0 Å². The second-order valence-electron chi connectivity index (χ2n) is 6.53. The van der Waals surface area contributed by atoms with Crippen molar-refractivity contribution in [2.75, 3.05) is 13.2 Å². The zero-order valence-electron chi connectivity index (χ0n) is 14.1. The maximum atomic E-state index is 13.8. The van der Waals surface area contributed by atoms with Crippen LogP contribution >= 0.6 is 0 Å². The highest BCUT2D eigenvalue weighted by atomic mass is 19.1. The van der Waals surface area contributed by atoms with Gasteiger partial charge in [0.15, 0.2) is 0 Å². The van der Waals surface area contributed by atoms with E-state index in [1.54, 1.807) is 30.5 Å². The van der Waals surface area contributed by atoms with Gasteiger partial charge in [0.05, 0.1) is 12.1 Å². The average Bonchev–Trinajstić information content (AvgIpc) is 3.04. The molecule has 2 heterocycles.